The van der Waals surface area contributed by atoms with Crippen molar-refractivity contribution in [3.05, 3.63) is 63.7 Å². The molecule has 0 radical (unpaired) electrons. The molecule has 0 heterocycles. The molecule has 0 fully saturated rings. The predicted octanol–water partition coefficient (Wildman–Crippen LogP) is 2.59. The Bertz CT molecular complexity index is 629. The number of nitrogens with one attached hydrogen (secondary N) is 2. The number of halogens is 1. The predicted molar refractivity (Wildman–Crippen MR) is 90.9 cm³/mol. The number of hydrogen-bond donors (Lipinski definition) is 2. The zero-order valence-electron chi connectivity index (χ0n) is 11.3. The van der Waals surface area contributed by atoms with E-state index in [0.717, 1.165) is 14.8 Å². The first kappa shape index (κ1) is 15.5. The van der Waals surface area contributed by atoms with E-state index in [4.69, 9.17) is 0 Å². The van der Waals surface area contributed by atoms with Gasteiger partial charge in [0.15, 0.2) is 0 Å². The number of benzene rings is 2. The zero-order chi connectivity index (χ0) is 15.1. The van der Waals surface area contributed by atoms with Crippen LogP contribution >= 0.6 is 22.6 Å². The molecule has 0 aliphatic heterocycles. The van der Waals surface area contributed by atoms with E-state index in [9.17, 15) is 9.59 Å². The molecule has 2 aromatic carbocycles. The molecule has 0 spiro atoms. The first-order chi connectivity index (χ1) is 10.1. The van der Waals surface area contributed by atoms with Crippen LogP contribution in [0.1, 0.15) is 5.56 Å². The third-order valence-electron chi connectivity index (χ3n) is 2.76. The highest BCUT2D eigenvalue weighted by Gasteiger charge is 2.06. The third-order valence-corrected chi connectivity index (χ3v) is 3.43. The van der Waals surface area contributed by atoms with E-state index < -0.39 is 0 Å². The Kier molecular flexibility index (Phi) is 5.74. The summed E-state index contributed by atoms with van der Waals surface area (Å²) in [4.78, 5) is 23.5. The average molecular weight is 394 g/mol. The molecule has 0 aliphatic carbocycles. The van der Waals surface area contributed by atoms with Gasteiger partial charge in [0.2, 0.25) is 11.8 Å². The second kappa shape index (κ2) is 7.78. The van der Waals surface area contributed by atoms with Gasteiger partial charge in [0.05, 0.1) is 13.0 Å². The smallest absolute Gasteiger partial charge is 0.243 e. The summed E-state index contributed by atoms with van der Waals surface area (Å²) in [6.07, 6.45) is 0.275. The summed E-state index contributed by atoms with van der Waals surface area (Å²) in [6.45, 7) is -0.0306. The molecule has 2 rings (SSSR count). The second-order valence-corrected chi connectivity index (χ2v) is 5.74. The minimum Gasteiger partial charge on any atom is -0.347 e. The van der Waals surface area contributed by atoms with Crippen LogP contribution in [0.5, 0.6) is 0 Å². The lowest BCUT2D eigenvalue weighted by Crippen LogP contribution is -2.33. The van der Waals surface area contributed by atoms with Crippen molar-refractivity contribution in [1.29, 1.82) is 0 Å². The van der Waals surface area contributed by atoms with Crippen molar-refractivity contribution in [2.24, 2.45) is 0 Å². The van der Waals surface area contributed by atoms with Gasteiger partial charge in [-0.3, -0.25) is 9.59 Å². The van der Waals surface area contributed by atoms with Crippen molar-refractivity contribution in [2.75, 3.05) is 11.9 Å². The van der Waals surface area contributed by atoms with Gasteiger partial charge in [-0.1, -0.05) is 36.4 Å². The van der Waals surface area contributed by atoms with Crippen molar-refractivity contribution in [1.82, 2.24) is 5.32 Å². The van der Waals surface area contributed by atoms with Crippen LogP contribution in [0, 0.1) is 3.57 Å². The highest BCUT2D eigenvalue weighted by Crippen LogP contribution is 2.11. The average Bonchev–Trinajstić information content (AvgIpc) is 2.46. The minimum absolute atomic E-state index is 0.0306. The van der Waals surface area contributed by atoms with Crippen LogP contribution in [0.4, 0.5) is 5.69 Å². The fourth-order valence-corrected chi connectivity index (χ4v) is 2.34. The summed E-state index contributed by atoms with van der Waals surface area (Å²) in [6, 6.07) is 16.9. The second-order valence-electron chi connectivity index (χ2n) is 4.50. The van der Waals surface area contributed by atoms with Crippen LogP contribution in [0.25, 0.3) is 0 Å². The van der Waals surface area contributed by atoms with Crippen LogP contribution in [-0.2, 0) is 16.0 Å². The largest absolute Gasteiger partial charge is 0.347 e. The fraction of sp³-hybridized carbons (Fsp3) is 0.125. The van der Waals surface area contributed by atoms with E-state index in [1.165, 1.54) is 0 Å². The monoisotopic (exact) mass is 394 g/mol. The van der Waals surface area contributed by atoms with Gasteiger partial charge in [0.25, 0.3) is 0 Å². The highest BCUT2D eigenvalue weighted by atomic mass is 127. The standard InChI is InChI=1S/C16H15IN2O2/c17-13-7-4-8-14(10-13)19-16(21)11-18-15(20)9-12-5-2-1-3-6-12/h1-8,10H,9,11H2,(H,18,20)(H,19,21). The minimum atomic E-state index is -0.238. The topological polar surface area (TPSA) is 58.2 Å². The highest BCUT2D eigenvalue weighted by molar-refractivity contribution is 14.1. The van der Waals surface area contributed by atoms with E-state index in [1.54, 1.807) is 0 Å². The Morgan fingerprint density at radius 2 is 1.71 bits per heavy atom. The van der Waals surface area contributed by atoms with Crippen LogP contribution in [-0.4, -0.2) is 18.4 Å². The Morgan fingerprint density at radius 3 is 2.43 bits per heavy atom. The maximum atomic E-state index is 11.8. The zero-order valence-corrected chi connectivity index (χ0v) is 13.5. The van der Waals surface area contributed by atoms with Gasteiger partial charge >= 0.3 is 0 Å². The molecule has 0 saturated carbocycles. The van der Waals surface area contributed by atoms with E-state index in [0.29, 0.717) is 0 Å². The Hall–Kier alpha value is -1.89. The number of rotatable bonds is 5. The van der Waals surface area contributed by atoms with Crippen molar-refractivity contribution < 1.29 is 9.59 Å². The lowest BCUT2D eigenvalue weighted by atomic mass is 10.1. The molecule has 4 nitrogen and oxygen atoms in total. The quantitative estimate of drug-likeness (QED) is 0.767. The lowest BCUT2D eigenvalue weighted by Gasteiger charge is -2.07. The summed E-state index contributed by atoms with van der Waals surface area (Å²) in [5.74, 6) is -0.405. The number of carbonyl (C=O) groups is 2. The van der Waals surface area contributed by atoms with E-state index in [2.05, 4.69) is 33.2 Å². The van der Waals surface area contributed by atoms with Gasteiger partial charge in [-0.25, -0.2) is 0 Å². The van der Waals surface area contributed by atoms with Crippen molar-refractivity contribution in [3.63, 3.8) is 0 Å². The Morgan fingerprint density at radius 1 is 0.952 bits per heavy atom. The molecule has 0 bridgehead atoms. The summed E-state index contributed by atoms with van der Waals surface area (Å²) >= 11 is 2.18. The molecule has 21 heavy (non-hydrogen) atoms. The Balaban J connectivity index is 1.77. The van der Waals surface area contributed by atoms with Gasteiger partial charge in [0, 0.05) is 9.26 Å². The van der Waals surface area contributed by atoms with E-state index in [-0.39, 0.29) is 24.8 Å². The molecule has 2 aromatic rings. The van der Waals surface area contributed by atoms with E-state index in [1.807, 2.05) is 54.6 Å². The van der Waals surface area contributed by atoms with Crippen LogP contribution in [0.2, 0.25) is 0 Å². The summed E-state index contributed by atoms with van der Waals surface area (Å²) in [5.41, 5.74) is 1.65. The van der Waals surface area contributed by atoms with Crippen molar-refractivity contribution in [3.8, 4) is 0 Å². The molecule has 5 heteroatoms. The van der Waals surface area contributed by atoms with Crippen molar-refractivity contribution >= 4 is 40.1 Å². The molecule has 0 aromatic heterocycles. The summed E-state index contributed by atoms with van der Waals surface area (Å²) in [5, 5.41) is 5.36. The van der Waals surface area contributed by atoms with Crippen LogP contribution in [0.15, 0.2) is 54.6 Å². The third kappa shape index (κ3) is 5.55. The van der Waals surface area contributed by atoms with E-state index >= 15 is 0 Å². The van der Waals surface area contributed by atoms with Crippen LogP contribution in [0.3, 0.4) is 0 Å². The number of amides is 2. The van der Waals surface area contributed by atoms with Gasteiger partial charge in [-0.2, -0.15) is 0 Å². The normalized spacial score (nSPS) is 9.95. The van der Waals surface area contributed by atoms with Gasteiger partial charge in [-0.05, 0) is 46.4 Å². The molecule has 0 saturated heterocycles. The van der Waals surface area contributed by atoms with Gasteiger partial charge < -0.3 is 10.6 Å². The number of hydrogen-bond acceptors (Lipinski definition) is 2. The molecule has 0 atom stereocenters. The maximum absolute atomic E-state index is 11.8. The SMILES string of the molecule is O=C(Cc1ccccc1)NCC(=O)Nc1cccc(I)c1. The first-order valence-corrected chi connectivity index (χ1v) is 7.57. The summed E-state index contributed by atoms with van der Waals surface area (Å²) in [7, 11) is 0. The molecule has 2 N–H and O–H groups in total. The molecule has 2 amide bonds. The molecular weight excluding hydrogens is 379 g/mol. The maximum Gasteiger partial charge on any atom is 0.243 e. The molecular formula is C16H15IN2O2. The molecule has 0 aliphatic rings. The fourth-order valence-electron chi connectivity index (χ4n) is 1.79. The van der Waals surface area contributed by atoms with Gasteiger partial charge in [0.1, 0.15) is 0 Å². The van der Waals surface area contributed by atoms with Crippen molar-refractivity contribution in [2.45, 2.75) is 6.42 Å². The van der Waals surface area contributed by atoms with Crippen LogP contribution < -0.4 is 10.6 Å². The first-order valence-electron chi connectivity index (χ1n) is 6.49. The molecule has 108 valence electrons. The van der Waals surface area contributed by atoms with Gasteiger partial charge in [-0.15, -0.1) is 0 Å². The molecule has 0 unspecified atom stereocenters. The summed E-state index contributed by atoms with van der Waals surface area (Å²) < 4.78 is 1.04. The number of anilines is 1. The lowest BCUT2D eigenvalue weighted by molar-refractivity contribution is -0.123. The Labute approximate surface area is 137 Å². The number of carbonyl (C=O) groups excluding carboxylic acids is 2.